The van der Waals surface area contributed by atoms with Gasteiger partial charge in [0.05, 0.1) is 17.1 Å². The summed E-state index contributed by atoms with van der Waals surface area (Å²) < 4.78 is 3.35. The number of nitrogens with two attached hydrogens (primary N) is 1. The van der Waals surface area contributed by atoms with E-state index >= 15 is 0 Å². The Balaban J connectivity index is 2.18. The zero-order valence-electron chi connectivity index (χ0n) is 12.0. The van der Waals surface area contributed by atoms with Crippen LogP contribution in [-0.2, 0) is 6.42 Å². The lowest BCUT2D eigenvalue weighted by atomic mass is 10.1. The lowest BCUT2D eigenvalue weighted by molar-refractivity contribution is 0.583. The summed E-state index contributed by atoms with van der Waals surface area (Å²) >= 11 is 3.48. The van der Waals surface area contributed by atoms with Gasteiger partial charge in [0, 0.05) is 17.4 Å². The van der Waals surface area contributed by atoms with E-state index in [-0.39, 0.29) is 6.04 Å². The molecule has 0 saturated heterocycles. The predicted molar refractivity (Wildman–Crippen MR) is 90.4 cm³/mol. The minimum atomic E-state index is 0.112. The van der Waals surface area contributed by atoms with Gasteiger partial charge in [0.25, 0.3) is 0 Å². The summed E-state index contributed by atoms with van der Waals surface area (Å²) in [6.45, 7) is 2.68. The van der Waals surface area contributed by atoms with Gasteiger partial charge in [-0.25, -0.2) is 4.98 Å². The van der Waals surface area contributed by atoms with Gasteiger partial charge >= 0.3 is 0 Å². The van der Waals surface area contributed by atoms with Crippen molar-refractivity contribution in [3.8, 4) is 0 Å². The molecular formula is C17H18BrN3. The highest BCUT2D eigenvalue weighted by Crippen LogP contribution is 2.27. The number of benzene rings is 2. The maximum absolute atomic E-state index is 6.09. The summed E-state index contributed by atoms with van der Waals surface area (Å²) in [6.07, 6.45) is 0.891. The monoisotopic (exact) mass is 343 g/mol. The molecule has 108 valence electrons. The van der Waals surface area contributed by atoms with Crippen molar-refractivity contribution in [1.82, 2.24) is 9.55 Å². The quantitative estimate of drug-likeness (QED) is 0.780. The van der Waals surface area contributed by atoms with Crippen molar-refractivity contribution in [1.29, 1.82) is 0 Å². The Bertz CT molecular complexity index is 746. The molecule has 2 aromatic carbocycles. The van der Waals surface area contributed by atoms with Gasteiger partial charge in [-0.1, -0.05) is 47.1 Å². The molecule has 0 saturated carbocycles. The van der Waals surface area contributed by atoms with Gasteiger partial charge in [0.2, 0.25) is 0 Å². The Morgan fingerprint density at radius 2 is 1.86 bits per heavy atom. The van der Waals surface area contributed by atoms with Crippen molar-refractivity contribution in [2.75, 3.05) is 6.54 Å². The second kappa shape index (κ2) is 6.00. The lowest BCUT2D eigenvalue weighted by Gasteiger charge is -2.20. The van der Waals surface area contributed by atoms with E-state index in [4.69, 9.17) is 10.7 Å². The molecular weight excluding hydrogens is 326 g/mol. The van der Waals surface area contributed by atoms with E-state index in [9.17, 15) is 0 Å². The van der Waals surface area contributed by atoms with Crippen LogP contribution in [0.1, 0.15) is 24.4 Å². The summed E-state index contributed by atoms with van der Waals surface area (Å²) in [5.41, 5.74) is 9.47. The Kier molecular flexibility index (Phi) is 4.08. The van der Waals surface area contributed by atoms with E-state index in [1.807, 2.05) is 6.07 Å². The van der Waals surface area contributed by atoms with Gasteiger partial charge in [-0.2, -0.15) is 0 Å². The van der Waals surface area contributed by atoms with Gasteiger partial charge in [-0.15, -0.1) is 0 Å². The van der Waals surface area contributed by atoms with Crippen molar-refractivity contribution in [3.05, 3.63) is 64.4 Å². The Labute approximate surface area is 132 Å². The van der Waals surface area contributed by atoms with Crippen LogP contribution >= 0.6 is 15.9 Å². The van der Waals surface area contributed by atoms with E-state index in [1.54, 1.807) is 0 Å². The molecule has 1 heterocycles. The number of para-hydroxylation sites is 2. The van der Waals surface area contributed by atoms with Gasteiger partial charge < -0.3 is 10.3 Å². The minimum absolute atomic E-state index is 0.112. The van der Waals surface area contributed by atoms with Crippen molar-refractivity contribution >= 4 is 27.0 Å². The maximum Gasteiger partial charge on any atom is 0.110 e. The number of nitrogens with zero attached hydrogens (tertiary/aromatic N) is 2. The van der Waals surface area contributed by atoms with Crippen molar-refractivity contribution in [2.45, 2.75) is 19.4 Å². The van der Waals surface area contributed by atoms with E-state index in [1.165, 1.54) is 5.56 Å². The maximum atomic E-state index is 6.09. The molecule has 0 spiro atoms. The molecule has 3 aromatic rings. The average Bonchev–Trinajstić information content (AvgIpc) is 2.89. The van der Waals surface area contributed by atoms with Crippen molar-refractivity contribution in [2.24, 2.45) is 5.73 Å². The molecule has 1 unspecified atom stereocenters. The predicted octanol–water partition coefficient (Wildman–Crippen LogP) is 3.91. The molecule has 0 amide bonds. The molecule has 0 aliphatic rings. The topological polar surface area (TPSA) is 43.8 Å². The van der Waals surface area contributed by atoms with Crippen LogP contribution in [0.5, 0.6) is 0 Å². The number of aryl methyl sites for hydroxylation is 1. The largest absolute Gasteiger partial charge is 0.328 e. The van der Waals surface area contributed by atoms with Crippen molar-refractivity contribution < 1.29 is 0 Å². The normalized spacial score (nSPS) is 12.7. The first kappa shape index (κ1) is 14.3. The van der Waals surface area contributed by atoms with Crippen LogP contribution < -0.4 is 5.73 Å². The van der Waals surface area contributed by atoms with Crippen LogP contribution in [0.25, 0.3) is 11.0 Å². The fourth-order valence-electron chi connectivity index (χ4n) is 2.77. The van der Waals surface area contributed by atoms with Gasteiger partial charge in [-0.3, -0.25) is 0 Å². The van der Waals surface area contributed by atoms with Crippen LogP contribution in [0.15, 0.2) is 53.0 Å². The molecule has 0 fully saturated rings. The van der Waals surface area contributed by atoms with E-state index in [0.29, 0.717) is 6.54 Å². The average molecular weight is 344 g/mol. The summed E-state index contributed by atoms with van der Waals surface area (Å²) in [5, 5.41) is 0. The minimum Gasteiger partial charge on any atom is -0.328 e. The third-order valence-electron chi connectivity index (χ3n) is 3.77. The molecule has 1 atom stereocenters. The molecule has 3 nitrogen and oxygen atoms in total. The lowest BCUT2D eigenvalue weighted by Crippen LogP contribution is -2.22. The van der Waals surface area contributed by atoms with Crippen LogP contribution in [0.2, 0.25) is 0 Å². The molecule has 4 heteroatoms. The van der Waals surface area contributed by atoms with Gasteiger partial charge in [0.15, 0.2) is 0 Å². The molecule has 1 aromatic heterocycles. The van der Waals surface area contributed by atoms with Crippen LogP contribution in [0, 0.1) is 0 Å². The highest BCUT2D eigenvalue weighted by Gasteiger charge is 2.18. The molecule has 0 radical (unpaired) electrons. The van der Waals surface area contributed by atoms with E-state index in [2.05, 4.69) is 69.9 Å². The highest BCUT2D eigenvalue weighted by molar-refractivity contribution is 9.10. The Hall–Kier alpha value is -1.65. The molecule has 0 aliphatic carbocycles. The number of hydrogen-bond donors (Lipinski definition) is 1. The van der Waals surface area contributed by atoms with Gasteiger partial charge in [-0.05, 0) is 29.8 Å². The number of imidazole rings is 1. The SMILES string of the molecule is CCc1nc2ccccc2n1C(CN)c1ccc(Br)cc1. The molecule has 21 heavy (non-hydrogen) atoms. The zero-order valence-corrected chi connectivity index (χ0v) is 13.5. The van der Waals surface area contributed by atoms with Crippen LogP contribution in [-0.4, -0.2) is 16.1 Å². The standard InChI is InChI=1S/C17H18BrN3/c1-2-17-20-14-5-3-4-6-15(14)21(17)16(11-19)12-7-9-13(18)10-8-12/h3-10,16H,2,11,19H2,1H3. The van der Waals surface area contributed by atoms with E-state index in [0.717, 1.165) is 27.8 Å². The number of halogens is 1. The Morgan fingerprint density at radius 1 is 1.14 bits per heavy atom. The van der Waals surface area contributed by atoms with Crippen molar-refractivity contribution in [3.63, 3.8) is 0 Å². The second-order valence-electron chi connectivity index (χ2n) is 5.04. The number of aromatic nitrogens is 2. The molecule has 2 N–H and O–H groups in total. The number of hydrogen-bond acceptors (Lipinski definition) is 2. The first-order valence-electron chi connectivity index (χ1n) is 7.16. The zero-order chi connectivity index (χ0) is 14.8. The fourth-order valence-corrected chi connectivity index (χ4v) is 3.03. The summed E-state index contributed by atoms with van der Waals surface area (Å²) in [5.74, 6) is 1.08. The highest BCUT2D eigenvalue weighted by atomic mass is 79.9. The number of rotatable bonds is 4. The van der Waals surface area contributed by atoms with Crippen LogP contribution in [0.3, 0.4) is 0 Å². The Morgan fingerprint density at radius 3 is 2.52 bits per heavy atom. The first-order chi connectivity index (χ1) is 10.2. The molecule has 3 rings (SSSR count). The van der Waals surface area contributed by atoms with Crippen LogP contribution in [0.4, 0.5) is 0 Å². The summed E-state index contributed by atoms with van der Waals surface area (Å²) in [6, 6.07) is 16.7. The molecule has 0 aliphatic heterocycles. The molecule has 0 bridgehead atoms. The van der Waals surface area contributed by atoms with Gasteiger partial charge in [0.1, 0.15) is 5.82 Å². The summed E-state index contributed by atoms with van der Waals surface area (Å²) in [4.78, 5) is 4.74. The third-order valence-corrected chi connectivity index (χ3v) is 4.30. The third kappa shape index (κ3) is 2.61. The number of fused-ring (bicyclic) bond motifs is 1. The first-order valence-corrected chi connectivity index (χ1v) is 7.95. The fraction of sp³-hybridized carbons (Fsp3) is 0.235. The smallest absolute Gasteiger partial charge is 0.110 e. The van der Waals surface area contributed by atoms with E-state index < -0.39 is 0 Å². The second-order valence-corrected chi connectivity index (χ2v) is 5.96. The summed E-state index contributed by atoms with van der Waals surface area (Å²) in [7, 11) is 0.